The van der Waals surface area contributed by atoms with Crippen molar-refractivity contribution in [3.63, 3.8) is 0 Å². The highest BCUT2D eigenvalue weighted by atomic mass is 16.5. The second kappa shape index (κ2) is 8.85. The average molecular weight is 367 g/mol. The van der Waals surface area contributed by atoms with Gasteiger partial charge >= 0.3 is 0 Å². The molecule has 0 bridgehead atoms. The Labute approximate surface area is 162 Å². The van der Waals surface area contributed by atoms with E-state index in [1.807, 2.05) is 42.5 Å². The molecule has 27 heavy (non-hydrogen) atoms. The molecule has 2 rings (SSSR count). The number of carbonyl (C=O) groups excluding carboxylic acids is 1. The molecular formula is C23H30N2O2. The van der Waals surface area contributed by atoms with Crippen LogP contribution in [0, 0.1) is 5.41 Å². The molecule has 2 aromatic carbocycles. The highest BCUT2D eigenvalue weighted by Gasteiger charge is 2.27. The predicted molar refractivity (Wildman–Crippen MR) is 111 cm³/mol. The van der Waals surface area contributed by atoms with Gasteiger partial charge in [0, 0.05) is 0 Å². The number of nitrogens with one attached hydrogen (secondary N) is 1. The molecule has 4 heteroatoms. The highest BCUT2D eigenvalue weighted by Crippen LogP contribution is 2.36. The van der Waals surface area contributed by atoms with Crippen LogP contribution >= 0.6 is 0 Å². The van der Waals surface area contributed by atoms with Gasteiger partial charge in [0.1, 0.15) is 5.75 Å². The Morgan fingerprint density at radius 1 is 1.00 bits per heavy atom. The first kappa shape index (κ1) is 20.7. The third kappa shape index (κ3) is 7.26. The smallest absolute Gasteiger partial charge is 0.277 e. The summed E-state index contributed by atoms with van der Waals surface area (Å²) >= 11 is 0. The normalized spacial score (nSPS) is 12.2. The molecule has 2 aromatic rings. The number of nitrogens with zero attached hydrogens (tertiary/aromatic N) is 1. The van der Waals surface area contributed by atoms with Crippen molar-refractivity contribution in [3.8, 4) is 5.75 Å². The third-order valence-corrected chi connectivity index (χ3v) is 4.18. The summed E-state index contributed by atoms with van der Waals surface area (Å²) in [7, 11) is 0. The first-order valence-electron chi connectivity index (χ1n) is 9.26. The van der Waals surface area contributed by atoms with Crippen molar-refractivity contribution in [2.75, 3.05) is 6.61 Å². The van der Waals surface area contributed by atoms with Crippen molar-refractivity contribution < 1.29 is 9.53 Å². The second-order valence-electron chi connectivity index (χ2n) is 8.64. The number of benzene rings is 2. The van der Waals surface area contributed by atoms with E-state index in [1.54, 1.807) is 6.21 Å². The zero-order chi connectivity index (χ0) is 19.9. The molecule has 4 nitrogen and oxygen atoms in total. The highest BCUT2D eigenvalue weighted by molar-refractivity contribution is 5.82. The number of hydrogen-bond acceptors (Lipinski definition) is 3. The van der Waals surface area contributed by atoms with Crippen LogP contribution in [0.4, 0.5) is 0 Å². The van der Waals surface area contributed by atoms with Crippen LogP contribution in [-0.4, -0.2) is 18.7 Å². The molecule has 0 fully saturated rings. The molecule has 0 saturated heterocycles. The lowest BCUT2D eigenvalue weighted by Gasteiger charge is -2.33. The summed E-state index contributed by atoms with van der Waals surface area (Å²) in [5.41, 5.74) is 5.00. The Morgan fingerprint density at radius 3 is 2.22 bits per heavy atom. The maximum absolute atomic E-state index is 11.8. The van der Waals surface area contributed by atoms with Crippen LogP contribution in [-0.2, 0) is 10.2 Å². The number of rotatable bonds is 7. The first-order valence-corrected chi connectivity index (χ1v) is 9.26. The fourth-order valence-corrected chi connectivity index (χ4v) is 3.33. The van der Waals surface area contributed by atoms with Gasteiger partial charge in [-0.2, -0.15) is 5.10 Å². The second-order valence-corrected chi connectivity index (χ2v) is 8.64. The predicted octanol–water partition coefficient (Wildman–Crippen LogP) is 4.93. The fourth-order valence-electron chi connectivity index (χ4n) is 3.33. The van der Waals surface area contributed by atoms with Crippen molar-refractivity contribution in [3.05, 3.63) is 65.7 Å². The van der Waals surface area contributed by atoms with Crippen LogP contribution in [0.1, 0.15) is 52.2 Å². The fraction of sp³-hybridized carbons (Fsp3) is 0.391. The van der Waals surface area contributed by atoms with Gasteiger partial charge in [-0.15, -0.1) is 0 Å². The van der Waals surface area contributed by atoms with Gasteiger partial charge in [0.2, 0.25) is 0 Å². The van der Waals surface area contributed by atoms with Crippen LogP contribution < -0.4 is 10.2 Å². The Bertz CT molecular complexity index is 757. The molecule has 0 atom stereocenters. The zero-order valence-electron chi connectivity index (χ0n) is 17.0. The van der Waals surface area contributed by atoms with Gasteiger partial charge in [0.25, 0.3) is 5.91 Å². The topological polar surface area (TPSA) is 50.7 Å². The van der Waals surface area contributed by atoms with Crippen molar-refractivity contribution in [1.82, 2.24) is 5.43 Å². The molecule has 0 unspecified atom stereocenters. The van der Waals surface area contributed by atoms with Gasteiger partial charge in [-0.3, -0.25) is 4.79 Å². The van der Waals surface area contributed by atoms with Gasteiger partial charge in [0.05, 0.1) is 6.21 Å². The summed E-state index contributed by atoms with van der Waals surface area (Å²) in [4.78, 5) is 11.8. The average Bonchev–Trinajstić information content (AvgIpc) is 2.59. The van der Waals surface area contributed by atoms with Gasteiger partial charge in [0.15, 0.2) is 6.61 Å². The van der Waals surface area contributed by atoms with E-state index in [0.29, 0.717) is 5.75 Å². The maximum Gasteiger partial charge on any atom is 0.277 e. The quantitative estimate of drug-likeness (QED) is 0.558. The van der Waals surface area contributed by atoms with E-state index in [1.165, 1.54) is 5.56 Å². The SMILES string of the molecule is CC(C)(C)CC(C)(C)c1ccc(OCC(=O)N/N=C\c2ccccc2)cc1. The van der Waals surface area contributed by atoms with Gasteiger partial charge in [-0.05, 0) is 40.5 Å². The van der Waals surface area contributed by atoms with Crippen LogP contribution in [0.25, 0.3) is 0 Å². The van der Waals surface area contributed by atoms with E-state index in [2.05, 4.69) is 57.3 Å². The van der Waals surface area contributed by atoms with E-state index in [-0.39, 0.29) is 23.3 Å². The maximum atomic E-state index is 11.8. The van der Waals surface area contributed by atoms with Gasteiger partial charge < -0.3 is 4.74 Å². The number of hydrazone groups is 1. The summed E-state index contributed by atoms with van der Waals surface area (Å²) in [5, 5.41) is 3.93. The number of ether oxygens (including phenoxy) is 1. The molecule has 1 N–H and O–H groups in total. The Balaban J connectivity index is 1.84. The minimum absolute atomic E-state index is 0.0726. The Kier molecular flexibility index (Phi) is 6.78. The first-order chi connectivity index (χ1) is 12.7. The summed E-state index contributed by atoms with van der Waals surface area (Å²) in [6.07, 6.45) is 2.69. The Hall–Kier alpha value is -2.62. The van der Waals surface area contributed by atoms with Crippen LogP contribution in [0.5, 0.6) is 5.75 Å². The lowest BCUT2D eigenvalue weighted by molar-refractivity contribution is -0.123. The minimum atomic E-state index is -0.292. The molecule has 0 saturated carbocycles. The zero-order valence-corrected chi connectivity index (χ0v) is 17.0. The van der Waals surface area contributed by atoms with Crippen molar-refractivity contribution in [2.24, 2.45) is 10.5 Å². The van der Waals surface area contributed by atoms with Crippen LogP contribution in [0.3, 0.4) is 0 Å². The summed E-state index contributed by atoms with van der Waals surface area (Å²) in [6.45, 7) is 11.2. The number of amides is 1. The van der Waals surface area contributed by atoms with Crippen molar-refractivity contribution in [1.29, 1.82) is 0 Å². The molecular weight excluding hydrogens is 336 g/mol. The molecule has 0 spiro atoms. The number of hydrogen-bond donors (Lipinski definition) is 1. The van der Waals surface area contributed by atoms with Crippen molar-refractivity contribution >= 4 is 12.1 Å². The molecule has 0 heterocycles. The van der Waals surface area contributed by atoms with Crippen LogP contribution in [0.15, 0.2) is 59.7 Å². The number of carbonyl (C=O) groups is 1. The largest absolute Gasteiger partial charge is 0.484 e. The summed E-state index contributed by atoms with van der Waals surface area (Å²) in [6, 6.07) is 17.6. The molecule has 0 aliphatic carbocycles. The van der Waals surface area contributed by atoms with E-state index >= 15 is 0 Å². The molecule has 1 amide bonds. The minimum Gasteiger partial charge on any atom is -0.484 e. The van der Waals surface area contributed by atoms with Gasteiger partial charge in [-0.1, -0.05) is 77.1 Å². The van der Waals surface area contributed by atoms with E-state index in [4.69, 9.17) is 4.74 Å². The third-order valence-electron chi connectivity index (χ3n) is 4.18. The van der Waals surface area contributed by atoms with Crippen molar-refractivity contribution in [2.45, 2.75) is 46.5 Å². The monoisotopic (exact) mass is 366 g/mol. The summed E-state index contributed by atoms with van der Waals surface area (Å²) in [5.74, 6) is 0.381. The lowest BCUT2D eigenvalue weighted by atomic mass is 9.72. The summed E-state index contributed by atoms with van der Waals surface area (Å²) < 4.78 is 5.55. The Morgan fingerprint density at radius 2 is 1.63 bits per heavy atom. The van der Waals surface area contributed by atoms with E-state index < -0.39 is 0 Å². The molecule has 144 valence electrons. The lowest BCUT2D eigenvalue weighted by Crippen LogP contribution is -2.25. The van der Waals surface area contributed by atoms with E-state index in [0.717, 1.165) is 12.0 Å². The standard InChI is InChI=1S/C23H30N2O2/c1-22(2,3)17-23(4,5)19-11-13-20(14-12-19)27-16-21(26)25-24-15-18-9-7-6-8-10-18/h6-15H,16-17H2,1-5H3,(H,25,26)/b24-15-. The molecule has 0 aliphatic rings. The molecule has 0 radical (unpaired) electrons. The molecule has 0 aliphatic heterocycles. The van der Waals surface area contributed by atoms with Gasteiger partial charge in [-0.25, -0.2) is 5.43 Å². The molecule has 0 aromatic heterocycles. The van der Waals surface area contributed by atoms with E-state index in [9.17, 15) is 4.79 Å². The van der Waals surface area contributed by atoms with Crippen LogP contribution in [0.2, 0.25) is 0 Å².